The summed E-state index contributed by atoms with van der Waals surface area (Å²) in [6, 6.07) is 10.8. The molecule has 1 saturated heterocycles. The van der Waals surface area contributed by atoms with Crippen LogP contribution >= 0.6 is 0 Å². The van der Waals surface area contributed by atoms with Crippen LogP contribution in [0.4, 0.5) is 5.69 Å². The number of anilines is 1. The Morgan fingerprint density at radius 3 is 2.58 bits per heavy atom. The van der Waals surface area contributed by atoms with Crippen molar-refractivity contribution in [3.05, 3.63) is 59.4 Å². The van der Waals surface area contributed by atoms with Crippen LogP contribution in [0.25, 0.3) is 0 Å². The number of amides is 1. The molecule has 2 aromatic rings. The maximum Gasteiger partial charge on any atom is 0.254 e. The van der Waals surface area contributed by atoms with Crippen molar-refractivity contribution in [3.8, 4) is 0 Å². The molecule has 4 rings (SSSR count). The van der Waals surface area contributed by atoms with E-state index in [-0.39, 0.29) is 5.91 Å². The number of nitrogens with zero attached hydrogens (tertiary/aromatic N) is 3. The second-order valence-electron chi connectivity index (χ2n) is 7.35. The highest BCUT2D eigenvalue weighted by atomic mass is 16.2. The lowest BCUT2D eigenvalue weighted by Crippen LogP contribution is -2.47. The predicted octanol–water partition coefficient (Wildman–Crippen LogP) is 3.70. The van der Waals surface area contributed by atoms with E-state index in [1.54, 1.807) is 0 Å². The quantitative estimate of drug-likeness (QED) is 0.844. The summed E-state index contributed by atoms with van der Waals surface area (Å²) in [5, 5.41) is 0. The van der Waals surface area contributed by atoms with Crippen LogP contribution in [-0.2, 0) is 12.8 Å². The number of aromatic nitrogens is 1. The van der Waals surface area contributed by atoms with Gasteiger partial charge >= 0.3 is 0 Å². The van der Waals surface area contributed by atoms with Gasteiger partial charge in [-0.05, 0) is 74.4 Å². The summed E-state index contributed by atoms with van der Waals surface area (Å²) >= 11 is 0. The van der Waals surface area contributed by atoms with Gasteiger partial charge in [0.15, 0.2) is 0 Å². The SMILES string of the molecule is CCN(C(=O)c1ccc2c(c1)CCC2)C1CCN(c2ccncc2)CC1. The Morgan fingerprint density at radius 1 is 1.12 bits per heavy atom. The molecule has 4 nitrogen and oxygen atoms in total. The van der Waals surface area contributed by atoms with Crippen LogP contribution in [-0.4, -0.2) is 41.5 Å². The Morgan fingerprint density at radius 2 is 1.85 bits per heavy atom. The number of fused-ring (bicyclic) bond motifs is 1. The van der Waals surface area contributed by atoms with Crippen LogP contribution in [0.3, 0.4) is 0 Å². The van der Waals surface area contributed by atoms with Crippen molar-refractivity contribution in [2.75, 3.05) is 24.5 Å². The average molecular weight is 349 g/mol. The summed E-state index contributed by atoms with van der Waals surface area (Å²) in [6.45, 7) is 4.85. The minimum Gasteiger partial charge on any atom is -0.371 e. The summed E-state index contributed by atoms with van der Waals surface area (Å²) in [6.07, 6.45) is 9.23. The molecule has 1 aromatic heterocycles. The number of aryl methyl sites for hydroxylation is 2. The zero-order valence-electron chi connectivity index (χ0n) is 15.5. The van der Waals surface area contributed by atoms with Crippen LogP contribution in [0.5, 0.6) is 0 Å². The molecule has 1 aliphatic heterocycles. The van der Waals surface area contributed by atoms with Gasteiger partial charge in [0.25, 0.3) is 5.91 Å². The van der Waals surface area contributed by atoms with Crippen molar-refractivity contribution in [1.29, 1.82) is 0 Å². The fraction of sp³-hybridized carbons (Fsp3) is 0.455. The van der Waals surface area contributed by atoms with E-state index >= 15 is 0 Å². The Balaban J connectivity index is 1.44. The molecule has 0 unspecified atom stereocenters. The van der Waals surface area contributed by atoms with Gasteiger partial charge in [0.2, 0.25) is 0 Å². The standard InChI is InChI=1S/C22H27N3O/c1-2-25(22(26)19-7-6-17-4-3-5-18(17)16-19)21-10-14-24(15-11-21)20-8-12-23-13-9-20/h6-9,12-13,16,21H,2-5,10-11,14-15H2,1H3. The van der Waals surface area contributed by atoms with Gasteiger partial charge in [-0.25, -0.2) is 0 Å². The van der Waals surface area contributed by atoms with Crippen LogP contribution < -0.4 is 4.90 Å². The Hall–Kier alpha value is -2.36. The van der Waals surface area contributed by atoms with E-state index in [2.05, 4.69) is 46.0 Å². The zero-order valence-corrected chi connectivity index (χ0v) is 15.5. The number of benzene rings is 1. The molecule has 0 saturated carbocycles. The molecule has 2 heterocycles. The van der Waals surface area contributed by atoms with Crippen molar-refractivity contribution in [2.45, 2.75) is 45.1 Å². The third-order valence-electron chi connectivity index (χ3n) is 5.88. The number of piperidine rings is 1. The minimum absolute atomic E-state index is 0.199. The fourth-order valence-electron chi connectivity index (χ4n) is 4.43. The van der Waals surface area contributed by atoms with Gasteiger partial charge in [0.1, 0.15) is 0 Å². The van der Waals surface area contributed by atoms with Crippen molar-refractivity contribution in [2.24, 2.45) is 0 Å². The molecule has 1 amide bonds. The van der Waals surface area contributed by atoms with E-state index in [1.165, 1.54) is 23.2 Å². The van der Waals surface area contributed by atoms with Crippen LogP contribution in [0, 0.1) is 0 Å². The maximum absolute atomic E-state index is 13.1. The molecule has 0 bridgehead atoms. The Labute approximate surface area is 155 Å². The normalized spacial score (nSPS) is 17.2. The van der Waals surface area contributed by atoms with Crippen LogP contribution in [0.2, 0.25) is 0 Å². The molecule has 2 aliphatic rings. The molecule has 1 fully saturated rings. The monoisotopic (exact) mass is 349 g/mol. The molecule has 4 heteroatoms. The molecule has 136 valence electrons. The first-order valence-corrected chi connectivity index (χ1v) is 9.84. The highest BCUT2D eigenvalue weighted by Gasteiger charge is 2.28. The summed E-state index contributed by atoms with van der Waals surface area (Å²) in [7, 11) is 0. The molecule has 26 heavy (non-hydrogen) atoms. The van der Waals surface area contributed by atoms with Gasteiger partial charge < -0.3 is 9.80 Å². The van der Waals surface area contributed by atoms with Gasteiger partial charge in [-0.2, -0.15) is 0 Å². The van der Waals surface area contributed by atoms with E-state index in [9.17, 15) is 4.79 Å². The second-order valence-corrected chi connectivity index (χ2v) is 7.35. The van der Waals surface area contributed by atoms with E-state index in [0.29, 0.717) is 6.04 Å². The van der Waals surface area contributed by atoms with Gasteiger partial charge in [0.05, 0.1) is 0 Å². The molecule has 1 aromatic carbocycles. The van der Waals surface area contributed by atoms with Crippen molar-refractivity contribution in [3.63, 3.8) is 0 Å². The van der Waals surface area contributed by atoms with Gasteiger partial charge in [0, 0.05) is 49.3 Å². The van der Waals surface area contributed by atoms with Crippen LogP contribution in [0.15, 0.2) is 42.7 Å². The van der Waals surface area contributed by atoms with Crippen molar-refractivity contribution < 1.29 is 4.79 Å². The second kappa shape index (κ2) is 7.48. The van der Waals surface area contributed by atoms with Gasteiger partial charge in [-0.3, -0.25) is 9.78 Å². The number of hydrogen-bond donors (Lipinski definition) is 0. The first-order chi connectivity index (χ1) is 12.8. The van der Waals surface area contributed by atoms with Gasteiger partial charge in [-0.15, -0.1) is 0 Å². The van der Waals surface area contributed by atoms with E-state index < -0.39 is 0 Å². The number of rotatable bonds is 4. The molecular weight excluding hydrogens is 322 g/mol. The molecule has 0 atom stereocenters. The van der Waals surface area contributed by atoms with Crippen molar-refractivity contribution >= 4 is 11.6 Å². The fourth-order valence-corrected chi connectivity index (χ4v) is 4.43. The highest BCUT2D eigenvalue weighted by Crippen LogP contribution is 2.26. The lowest BCUT2D eigenvalue weighted by atomic mass is 10.00. The molecule has 1 aliphatic carbocycles. The maximum atomic E-state index is 13.1. The highest BCUT2D eigenvalue weighted by molar-refractivity contribution is 5.94. The Bertz CT molecular complexity index is 766. The molecule has 0 N–H and O–H groups in total. The number of hydrogen-bond acceptors (Lipinski definition) is 3. The molecule has 0 radical (unpaired) electrons. The van der Waals surface area contributed by atoms with Crippen molar-refractivity contribution in [1.82, 2.24) is 9.88 Å². The number of carbonyl (C=O) groups is 1. The first kappa shape index (κ1) is 17.1. The lowest BCUT2D eigenvalue weighted by Gasteiger charge is -2.39. The predicted molar refractivity (Wildman–Crippen MR) is 105 cm³/mol. The largest absolute Gasteiger partial charge is 0.371 e. The van der Waals surface area contributed by atoms with E-state index in [1.807, 2.05) is 18.5 Å². The first-order valence-electron chi connectivity index (χ1n) is 9.84. The summed E-state index contributed by atoms with van der Waals surface area (Å²) < 4.78 is 0. The van der Waals surface area contributed by atoms with E-state index in [0.717, 1.165) is 50.9 Å². The Kier molecular flexibility index (Phi) is 4.91. The minimum atomic E-state index is 0.199. The smallest absolute Gasteiger partial charge is 0.254 e. The average Bonchev–Trinajstić information content (AvgIpc) is 3.17. The zero-order chi connectivity index (χ0) is 17.9. The summed E-state index contributed by atoms with van der Waals surface area (Å²) in [5.74, 6) is 0.199. The third kappa shape index (κ3) is 3.33. The summed E-state index contributed by atoms with van der Waals surface area (Å²) in [4.78, 5) is 21.7. The summed E-state index contributed by atoms with van der Waals surface area (Å²) in [5.41, 5.74) is 4.89. The molecular formula is C22H27N3O. The van der Waals surface area contributed by atoms with Crippen LogP contribution in [0.1, 0.15) is 47.7 Å². The third-order valence-corrected chi connectivity index (χ3v) is 5.88. The van der Waals surface area contributed by atoms with Gasteiger partial charge in [-0.1, -0.05) is 6.07 Å². The van der Waals surface area contributed by atoms with E-state index in [4.69, 9.17) is 0 Å². The topological polar surface area (TPSA) is 36.4 Å². The lowest BCUT2D eigenvalue weighted by molar-refractivity contribution is 0.0663. The molecule has 0 spiro atoms. The number of pyridine rings is 1. The number of carbonyl (C=O) groups excluding carboxylic acids is 1.